The number of amides is 2. The van der Waals surface area contributed by atoms with E-state index >= 15 is 0 Å². The first-order valence-corrected chi connectivity index (χ1v) is 8.89. The number of rotatable bonds is 2. The molecule has 2 heterocycles. The molecule has 0 unspecified atom stereocenters. The Morgan fingerprint density at radius 2 is 1.70 bits per heavy atom. The number of hydrogen-bond acceptors (Lipinski definition) is 2. The van der Waals surface area contributed by atoms with Crippen molar-refractivity contribution in [3.05, 3.63) is 65.5 Å². The number of hydrogen-bond donors (Lipinski definition) is 2. The van der Waals surface area contributed by atoms with Gasteiger partial charge in [0.05, 0.1) is 11.3 Å². The molecule has 2 fully saturated rings. The van der Waals surface area contributed by atoms with Crippen LogP contribution in [0.4, 0.5) is 23.7 Å². The highest BCUT2D eigenvalue weighted by atomic mass is 19.1. The van der Waals surface area contributed by atoms with E-state index in [9.17, 15) is 23.1 Å². The van der Waals surface area contributed by atoms with Gasteiger partial charge in [-0.15, -0.1) is 0 Å². The molecule has 2 atom stereocenters. The van der Waals surface area contributed by atoms with E-state index in [4.69, 9.17) is 0 Å². The lowest BCUT2D eigenvalue weighted by atomic mass is 9.80. The summed E-state index contributed by atoms with van der Waals surface area (Å²) < 4.78 is 41.0. The van der Waals surface area contributed by atoms with Crippen molar-refractivity contribution in [1.29, 1.82) is 0 Å². The van der Waals surface area contributed by atoms with E-state index in [1.807, 2.05) is 0 Å². The van der Waals surface area contributed by atoms with E-state index in [2.05, 4.69) is 5.32 Å². The Morgan fingerprint density at radius 3 is 2.33 bits per heavy atom. The highest BCUT2D eigenvalue weighted by Crippen LogP contribution is 2.46. The Hall–Kier alpha value is -2.54. The van der Waals surface area contributed by atoms with E-state index in [1.165, 1.54) is 12.1 Å². The van der Waals surface area contributed by atoms with Gasteiger partial charge in [0.15, 0.2) is 0 Å². The van der Waals surface area contributed by atoms with Gasteiger partial charge in [0.1, 0.15) is 17.5 Å². The number of urea groups is 1. The van der Waals surface area contributed by atoms with E-state index in [0.29, 0.717) is 18.9 Å². The lowest BCUT2D eigenvalue weighted by molar-refractivity contribution is -0.0445. The number of nitrogens with zero attached hydrogens (tertiary/aromatic N) is 1. The summed E-state index contributed by atoms with van der Waals surface area (Å²) in [5.74, 6) is -2.04. The molecule has 2 aromatic rings. The van der Waals surface area contributed by atoms with Gasteiger partial charge in [0, 0.05) is 36.6 Å². The lowest BCUT2D eigenvalue weighted by Gasteiger charge is -2.44. The van der Waals surface area contributed by atoms with Crippen LogP contribution in [0.3, 0.4) is 0 Å². The summed E-state index contributed by atoms with van der Waals surface area (Å²) in [6.07, 6.45) is 1.79. The first-order valence-electron chi connectivity index (χ1n) is 8.89. The molecule has 4 nitrogen and oxygen atoms in total. The zero-order valence-corrected chi connectivity index (χ0v) is 14.5. The maximum Gasteiger partial charge on any atom is 0.322 e. The summed E-state index contributed by atoms with van der Waals surface area (Å²) in [6, 6.07) is 8.01. The molecule has 2 N–H and O–H groups in total. The van der Waals surface area contributed by atoms with Crippen molar-refractivity contribution < 1.29 is 23.1 Å². The molecule has 2 saturated heterocycles. The average Bonchev–Trinajstić information content (AvgIpc) is 2.90. The Bertz CT molecular complexity index is 875. The monoisotopic (exact) mass is 376 g/mol. The largest absolute Gasteiger partial charge is 0.385 e. The third-order valence-electron chi connectivity index (χ3n) is 5.55. The minimum absolute atomic E-state index is 0.101. The van der Waals surface area contributed by atoms with Gasteiger partial charge in [-0.1, -0.05) is 18.2 Å². The second-order valence-electron chi connectivity index (χ2n) is 7.27. The van der Waals surface area contributed by atoms with Gasteiger partial charge in [-0.2, -0.15) is 0 Å². The van der Waals surface area contributed by atoms with Gasteiger partial charge in [-0.25, -0.2) is 18.0 Å². The molecular formula is C20H19F3N2O2. The quantitative estimate of drug-likeness (QED) is 0.827. The molecule has 27 heavy (non-hydrogen) atoms. The molecule has 7 heteroatoms. The molecule has 0 spiro atoms. The van der Waals surface area contributed by atoms with Crippen LogP contribution in [0.2, 0.25) is 0 Å². The lowest BCUT2D eigenvalue weighted by Crippen LogP contribution is -2.53. The second kappa shape index (κ2) is 6.56. The number of anilines is 1. The van der Waals surface area contributed by atoms with Crippen LogP contribution in [0.25, 0.3) is 0 Å². The summed E-state index contributed by atoms with van der Waals surface area (Å²) in [6.45, 7) is 0. The van der Waals surface area contributed by atoms with Crippen molar-refractivity contribution in [2.45, 2.75) is 43.4 Å². The van der Waals surface area contributed by atoms with Crippen LogP contribution >= 0.6 is 0 Å². The number of fused-ring (bicyclic) bond motifs is 2. The molecule has 2 bridgehead atoms. The molecule has 2 aliphatic rings. The van der Waals surface area contributed by atoms with Crippen molar-refractivity contribution in [2.75, 3.05) is 5.32 Å². The molecule has 2 amide bonds. The van der Waals surface area contributed by atoms with Crippen LogP contribution in [0.15, 0.2) is 42.5 Å². The SMILES string of the molecule is O=C(Nc1ccc(F)cc1F)N1[C@H]2CC[C@H]1CC(O)(c1ccccc1F)C2. The highest BCUT2D eigenvalue weighted by molar-refractivity contribution is 5.90. The number of halogens is 3. The first-order chi connectivity index (χ1) is 12.9. The number of carbonyl (C=O) groups excluding carboxylic acids is 1. The molecular weight excluding hydrogens is 357 g/mol. The molecule has 2 aliphatic heterocycles. The Balaban J connectivity index is 1.54. The van der Waals surface area contributed by atoms with Gasteiger partial charge < -0.3 is 15.3 Å². The summed E-state index contributed by atoms with van der Waals surface area (Å²) in [5, 5.41) is 13.5. The summed E-state index contributed by atoms with van der Waals surface area (Å²) in [7, 11) is 0. The van der Waals surface area contributed by atoms with Crippen LogP contribution in [-0.4, -0.2) is 28.1 Å². The Kier molecular flexibility index (Phi) is 4.34. The van der Waals surface area contributed by atoms with Crippen LogP contribution in [0, 0.1) is 17.5 Å². The van der Waals surface area contributed by atoms with Crippen molar-refractivity contribution >= 4 is 11.7 Å². The number of benzene rings is 2. The predicted octanol–water partition coefficient (Wildman–Crippen LogP) is 4.15. The van der Waals surface area contributed by atoms with Gasteiger partial charge in [-0.05, 0) is 31.0 Å². The fourth-order valence-corrected chi connectivity index (χ4v) is 4.39. The van der Waals surface area contributed by atoms with Gasteiger partial charge in [-0.3, -0.25) is 0 Å². The number of piperidine rings is 1. The minimum Gasteiger partial charge on any atom is -0.385 e. The molecule has 0 saturated carbocycles. The van der Waals surface area contributed by atoms with Crippen LogP contribution < -0.4 is 5.32 Å². The zero-order chi connectivity index (χ0) is 19.2. The molecule has 4 rings (SSSR count). The number of carbonyl (C=O) groups is 1. The summed E-state index contributed by atoms with van der Waals surface area (Å²) in [5.41, 5.74) is -1.20. The molecule has 0 radical (unpaired) electrons. The van der Waals surface area contributed by atoms with Crippen molar-refractivity contribution in [3.63, 3.8) is 0 Å². The normalized spacial score (nSPS) is 26.9. The maximum absolute atomic E-state index is 14.2. The minimum atomic E-state index is -1.34. The third kappa shape index (κ3) is 3.16. The van der Waals surface area contributed by atoms with Gasteiger partial charge in [0.25, 0.3) is 0 Å². The zero-order valence-electron chi connectivity index (χ0n) is 14.5. The predicted molar refractivity (Wildman–Crippen MR) is 93.6 cm³/mol. The molecule has 0 aliphatic carbocycles. The first kappa shape index (κ1) is 17.9. The third-order valence-corrected chi connectivity index (χ3v) is 5.55. The Labute approximate surface area is 154 Å². The van der Waals surface area contributed by atoms with Crippen molar-refractivity contribution in [3.8, 4) is 0 Å². The smallest absolute Gasteiger partial charge is 0.322 e. The van der Waals surface area contributed by atoms with Gasteiger partial charge in [0.2, 0.25) is 0 Å². The standard InChI is InChI=1S/C20H19F3N2O2/c21-12-5-8-18(17(23)9-12)24-19(26)25-13-6-7-14(25)11-20(27,10-13)15-3-1-2-4-16(15)22/h1-5,8-9,13-14,27H,6-7,10-11H2,(H,24,26)/t13-,14-/m0/s1. The summed E-state index contributed by atoms with van der Waals surface area (Å²) in [4.78, 5) is 14.3. The fraction of sp³-hybridized carbons (Fsp3) is 0.350. The van der Waals surface area contributed by atoms with Crippen LogP contribution in [0.5, 0.6) is 0 Å². The molecule has 0 aromatic heterocycles. The highest BCUT2D eigenvalue weighted by Gasteiger charge is 2.50. The van der Waals surface area contributed by atoms with Crippen molar-refractivity contribution in [1.82, 2.24) is 4.90 Å². The summed E-state index contributed by atoms with van der Waals surface area (Å²) >= 11 is 0. The van der Waals surface area contributed by atoms with E-state index in [-0.39, 0.29) is 36.2 Å². The Morgan fingerprint density at radius 1 is 1.04 bits per heavy atom. The molecule has 142 valence electrons. The second-order valence-corrected chi connectivity index (χ2v) is 7.27. The van der Waals surface area contributed by atoms with Gasteiger partial charge >= 0.3 is 6.03 Å². The average molecular weight is 376 g/mol. The van der Waals surface area contributed by atoms with Crippen LogP contribution in [0.1, 0.15) is 31.2 Å². The number of nitrogens with one attached hydrogen (secondary N) is 1. The fourth-order valence-electron chi connectivity index (χ4n) is 4.39. The van der Waals surface area contributed by atoms with Crippen LogP contribution in [-0.2, 0) is 5.60 Å². The molecule has 2 aromatic carbocycles. The van der Waals surface area contributed by atoms with E-state index < -0.39 is 29.1 Å². The van der Waals surface area contributed by atoms with E-state index in [0.717, 1.165) is 6.07 Å². The topological polar surface area (TPSA) is 52.6 Å². The number of aliphatic hydroxyl groups is 1. The van der Waals surface area contributed by atoms with Crippen molar-refractivity contribution in [2.24, 2.45) is 0 Å². The van der Waals surface area contributed by atoms with E-state index in [1.54, 1.807) is 23.1 Å². The maximum atomic E-state index is 14.2.